The minimum Gasteiger partial charge on any atom is -0.342 e. The first-order valence-corrected chi connectivity index (χ1v) is 10.5. The Bertz CT molecular complexity index is 675. The van der Waals surface area contributed by atoms with Crippen LogP contribution in [-0.4, -0.2) is 57.4 Å². The van der Waals surface area contributed by atoms with Crippen molar-refractivity contribution in [1.29, 1.82) is 0 Å². The van der Waals surface area contributed by atoms with E-state index in [1.807, 2.05) is 16.7 Å². The third kappa shape index (κ3) is 4.17. The van der Waals surface area contributed by atoms with E-state index in [1.165, 1.54) is 12.8 Å². The number of nitrogens with zero attached hydrogens (tertiary/aromatic N) is 4. The molecule has 2 saturated heterocycles. The highest BCUT2D eigenvalue weighted by Crippen LogP contribution is 2.30. The zero-order valence-corrected chi connectivity index (χ0v) is 16.2. The second-order valence-electron chi connectivity index (χ2n) is 8.42. The van der Waals surface area contributed by atoms with Gasteiger partial charge in [-0.15, -0.1) is 0 Å². The lowest BCUT2D eigenvalue weighted by Crippen LogP contribution is -2.51. The van der Waals surface area contributed by atoms with Crippen LogP contribution in [0.15, 0.2) is 4.52 Å². The molecule has 0 aromatic carbocycles. The summed E-state index contributed by atoms with van der Waals surface area (Å²) in [6, 6.07) is 0.372. The van der Waals surface area contributed by atoms with E-state index >= 15 is 0 Å². The molecule has 0 spiro atoms. The van der Waals surface area contributed by atoms with Crippen LogP contribution in [0, 0.1) is 18.8 Å². The lowest BCUT2D eigenvalue weighted by atomic mass is 9.90. The molecule has 3 fully saturated rings. The molecule has 3 aliphatic rings. The van der Waals surface area contributed by atoms with Gasteiger partial charge in [0.05, 0.1) is 5.92 Å². The molecule has 1 atom stereocenters. The summed E-state index contributed by atoms with van der Waals surface area (Å²) in [4.78, 5) is 33.7. The highest BCUT2D eigenvalue weighted by atomic mass is 16.5. The molecule has 1 aromatic rings. The highest BCUT2D eigenvalue weighted by molar-refractivity contribution is 5.84. The Morgan fingerprint density at radius 1 is 1.15 bits per heavy atom. The van der Waals surface area contributed by atoms with Gasteiger partial charge in [-0.05, 0) is 38.0 Å². The number of hydrogen-bond acceptors (Lipinski definition) is 5. The maximum absolute atomic E-state index is 13.0. The van der Waals surface area contributed by atoms with E-state index in [0.717, 1.165) is 51.0 Å². The lowest BCUT2D eigenvalue weighted by molar-refractivity contribution is -0.145. The van der Waals surface area contributed by atoms with Gasteiger partial charge in [0.2, 0.25) is 17.7 Å². The minimum atomic E-state index is -0.0142. The Hall–Kier alpha value is -1.92. The van der Waals surface area contributed by atoms with Gasteiger partial charge >= 0.3 is 0 Å². The number of aromatic nitrogens is 2. The predicted octanol–water partition coefficient (Wildman–Crippen LogP) is 2.34. The number of rotatable bonds is 4. The summed E-state index contributed by atoms with van der Waals surface area (Å²) in [6.45, 7) is 4.04. The van der Waals surface area contributed by atoms with Crippen LogP contribution in [-0.2, 0) is 16.0 Å². The summed E-state index contributed by atoms with van der Waals surface area (Å²) in [5.41, 5.74) is 0. The van der Waals surface area contributed by atoms with Crippen LogP contribution in [0.5, 0.6) is 0 Å². The molecule has 0 radical (unpaired) electrons. The van der Waals surface area contributed by atoms with E-state index in [9.17, 15) is 9.59 Å². The van der Waals surface area contributed by atoms with E-state index < -0.39 is 0 Å². The summed E-state index contributed by atoms with van der Waals surface area (Å²) in [5.74, 6) is 2.37. The Morgan fingerprint density at radius 2 is 1.89 bits per heavy atom. The second kappa shape index (κ2) is 7.98. The standard InChI is InChI=1S/C20H30N4O3/c1-14-21-18(22-27-14)12-15-8-10-23(11-9-15)20(26)16-6-7-19(25)24(13-16)17-4-2-3-5-17/h15-17H,2-13H2,1H3/t16-/m1/s1. The van der Waals surface area contributed by atoms with Crippen LogP contribution in [0.2, 0.25) is 0 Å². The molecule has 3 heterocycles. The topological polar surface area (TPSA) is 79.5 Å². The van der Waals surface area contributed by atoms with Crippen LogP contribution >= 0.6 is 0 Å². The van der Waals surface area contributed by atoms with Gasteiger partial charge in [-0.3, -0.25) is 9.59 Å². The fourth-order valence-corrected chi connectivity index (χ4v) is 4.94. The van der Waals surface area contributed by atoms with Crippen LogP contribution in [0.1, 0.15) is 63.1 Å². The van der Waals surface area contributed by atoms with E-state index in [2.05, 4.69) is 10.1 Å². The van der Waals surface area contributed by atoms with Crippen LogP contribution in [0.4, 0.5) is 0 Å². The minimum absolute atomic E-state index is 0.0142. The molecular formula is C20H30N4O3. The quantitative estimate of drug-likeness (QED) is 0.808. The number of carbonyl (C=O) groups is 2. The first-order chi connectivity index (χ1) is 13.1. The van der Waals surface area contributed by atoms with Gasteiger partial charge < -0.3 is 14.3 Å². The third-order valence-corrected chi connectivity index (χ3v) is 6.53. The average Bonchev–Trinajstić information content (AvgIpc) is 3.34. The van der Waals surface area contributed by atoms with Gasteiger partial charge in [0.15, 0.2) is 5.82 Å². The zero-order chi connectivity index (χ0) is 18.8. The van der Waals surface area contributed by atoms with E-state index in [-0.39, 0.29) is 17.7 Å². The summed E-state index contributed by atoms with van der Waals surface area (Å²) in [5, 5.41) is 3.99. The molecule has 1 saturated carbocycles. The number of likely N-dealkylation sites (tertiary alicyclic amines) is 2. The van der Waals surface area contributed by atoms with Crippen molar-refractivity contribution in [2.75, 3.05) is 19.6 Å². The van der Waals surface area contributed by atoms with Crippen molar-refractivity contribution in [3.8, 4) is 0 Å². The average molecular weight is 374 g/mol. The van der Waals surface area contributed by atoms with Crippen LogP contribution < -0.4 is 0 Å². The lowest BCUT2D eigenvalue weighted by Gasteiger charge is -2.39. The molecular weight excluding hydrogens is 344 g/mol. The Balaban J connectivity index is 1.29. The fraction of sp³-hybridized carbons (Fsp3) is 0.800. The molecule has 0 N–H and O–H groups in total. The van der Waals surface area contributed by atoms with E-state index in [4.69, 9.17) is 4.52 Å². The molecule has 0 unspecified atom stereocenters. The molecule has 7 nitrogen and oxygen atoms in total. The second-order valence-corrected chi connectivity index (χ2v) is 8.42. The van der Waals surface area contributed by atoms with Crippen molar-refractivity contribution in [3.05, 3.63) is 11.7 Å². The van der Waals surface area contributed by atoms with Gasteiger partial charge in [-0.2, -0.15) is 4.98 Å². The SMILES string of the molecule is Cc1nc(CC2CCN(C(=O)[C@@H]3CCC(=O)N(C4CCCC4)C3)CC2)no1. The van der Waals surface area contributed by atoms with Gasteiger partial charge in [-0.1, -0.05) is 18.0 Å². The van der Waals surface area contributed by atoms with E-state index in [0.29, 0.717) is 37.2 Å². The first kappa shape index (κ1) is 18.4. The molecule has 0 bridgehead atoms. The highest BCUT2D eigenvalue weighted by Gasteiger charge is 2.37. The third-order valence-electron chi connectivity index (χ3n) is 6.53. The number of piperidine rings is 2. The molecule has 4 rings (SSSR count). The summed E-state index contributed by atoms with van der Waals surface area (Å²) in [6.07, 6.45) is 8.66. The van der Waals surface area contributed by atoms with Crippen LogP contribution in [0.3, 0.4) is 0 Å². The largest absolute Gasteiger partial charge is 0.342 e. The van der Waals surface area contributed by atoms with Crippen molar-refractivity contribution in [1.82, 2.24) is 19.9 Å². The Labute approximate surface area is 160 Å². The molecule has 148 valence electrons. The van der Waals surface area contributed by atoms with Crippen LogP contribution in [0.25, 0.3) is 0 Å². The van der Waals surface area contributed by atoms with Crippen molar-refractivity contribution >= 4 is 11.8 Å². The Morgan fingerprint density at radius 3 is 2.56 bits per heavy atom. The molecule has 7 heteroatoms. The maximum Gasteiger partial charge on any atom is 0.227 e. The smallest absolute Gasteiger partial charge is 0.227 e. The van der Waals surface area contributed by atoms with Crippen molar-refractivity contribution in [2.45, 2.75) is 70.8 Å². The molecule has 1 aromatic heterocycles. The van der Waals surface area contributed by atoms with E-state index in [1.54, 1.807) is 0 Å². The summed E-state index contributed by atoms with van der Waals surface area (Å²) >= 11 is 0. The number of carbonyl (C=O) groups excluding carboxylic acids is 2. The van der Waals surface area contributed by atoms with Gasteiger partial charge in [0.1, 0.15) is 0 Å². The van der Waals surface area contributed by atoms with Gasteiger partial charge in [0, 0.05) is 45.4 Å². The van der Waals surface area contributed by atoms with Crippen molar-refractivity contribution < 1.29 is 14.1 Å². The van der Waals surface area contributed by atoms with Crippen molar-refractivity contribution in [2.24, 2.45) is 11.8 Å². The maximum atomic E-state index is 13.0. The first-order valence-electron chi connectivity index (χ1n) is 10.5. The molecule has 27 heavy (non-hydrogen) atoms. The number of amides is 2. The monoisotopic (exact) mass is 374 g/mol. The van der Waals surface area contributed by atoms with Crippen molar-refractivity contribution in [3.63, 3.8) is 0 Å². The Kier molecular flexibility index (Phi) is 5.45. The number of aryl methyl sites for hydroxylation is 1. The summed E-state index contributed by atoms with van der Waals surface area (Å²) in [7, 11) is 0. The molecule has 2 aliphatic heterocycles. The van der Waals surface area contributed by atoms with Gasteiger partial charge in [0.25, 0.3) is 0 Å². The zero-order valence-electron chi connectivity index (χ0n) is 16.2. The predicted molar refractivity (Wildman–Crippen MR) is 98.7 cm³/mol. The molecule has 2 amide bonds. The van der Waals surface area contributed by atoms with Gasteiger partial charge in [-0.25, -0.2) is 0 Å². The normalized spacial score (nSPS) is 25.4. The summed E-state index contributed by atoms with van der Waals surface area (Å²) < 4.78 is 5.05. The molecule has 1 aliphatic carbocycles. The number of hydrogen-bond donors (Lipinski definition) is 0. The fourth-order valence-electron chi connectivity index (χ4n) is 4.94.